The zero-order valence-electron chi connectivity index (χ0n) is 18.2. The summed E-state index contributed by atoms with van der Waals surface area (Å²) in [5.74, 6) is -22.7. The van der Waals surface area contributed by atoms with Gasteiger partial charge in [0.1, 0.15) is 0 Å². The molecule has 0 rings (SSSR count). The van der Waals surface area contributed by atoms with Crippen molar-refractivity contribution >= 4 is 11.9 Å². The summed E-state index contributed by atoms with van der Waals surface area (Å²) in [4.78, 5) is 25.0. The van der Waals surface area contributed by atoms with E-state index in [1.165, 1.54) is 13.8 Å². The third kappa shape index (κ3) is 7.02. The highest BCUT2D eigenvalue weighted by atomic mass is 19.4. The molecule has 194 valence electrons. The van der Waals surface area contributed by atoms with Crippen LogP contribution in [0.5, 0.6) is 0 Å². The maximum Gasteiger partial charge on any atom is 0.460 e. The zero-order chi connectivity index (χ0) is 26.1. The largest absolute Gasteiger partial charge is 0.465 e. The van der Waals surface area contributed by atoms with Crippen LogP contribution < -0.4 is 0 Å². The SMILES string of the molecule is C=CCCCCCC(CCC(F)(F)C(F)(F)C(F)(F)C(F)(F)F)(C(=O)OCC)C(=O)OCC. The van der Waals surface area contributed by atoms with E-state index in [1.54, 1.807) is 6.08 Å². The van der Waals surface area contributed by atoms with E-state index in [4.69, 9.17) is 9.47 Å². The van der Waals surface area contributed by atoms with Crippen LogP contribution >= 0.6 is 0 Å². The van der Waals surface area contributed by atoms with Crippen molar-refractivity contribution in [3.8, 4) is 0 Å². The molecule has 0 aliphatic rings. The van der Waals surface area contributed by atoms with Crippen LogP contribution in [-0.2, 0) is 19.1 Å². The molecule has 0 aliphatic heterocycles. The first-order chi connectivity index (χ1) is 15.0. The highest BCUT2D eigenvalue weighted by Crippen LogP contribution is 2.55. The van der Waals surface area contributed by atoms with E-state index in [0.717, 1.165) is 0 Å². The van der Waals surface area contributed by atoms with Gasteiger partial charge in [0.05, 0.1) is 13.2 Å². The molecule has 0 spiro atoms. The van der Waals surface area contributed by atoms with Crippen molar-refractivity contribution in [1.29, 1.82) is 0 Å². The highest BCUT2D eigenvalue weighted by Gasteiger charge is 2.81. The van der Waals surface area contributed by atoms with Crippen LogP contribution in [0.25, 0.3) is 0 Å². The van der Waals surface area contributed by atoms with E-state index in [2.05, 4.69) is 6.58 Å². The monoisotopic (exact) mass is 502 g/mol. The van der Waals surface area contributed by atoms with Crippen LogP contribution in [0.2, 0.25) is 0 Å². The Kier molecular flexibility index (Phi) is 11.3. The van der Waals surface area contributed by atoms with Crippen molar-refractivity contribution in [2.75, 3.05) is 13.2 Å². The van der Waals surface area contributed by atoms with Crippen LogP contribution in [0.1, 0.15) is 58.8 Å². The van der Waals surface area contributed by atoms with Gasteiger partial charge in [-0.05, 0) is 39.5 Å². The summed E-state index contributed by atoms with van der Waals surface area (Å²) in [6.45, 7) is 5.37. The van der Waals surface area contributed by atoms with Gasteiger partial charge in [-0.25, -0.2) is 0 Å². The predicted octanol–water partition coefficient (Wildman–Crippen LogP) is 6.48. The normalized spacial score (nSPS) is 13.5. The number of hydrogen-bond acceptors (Lipinski definition) is 4. The van der Waals surface area contributed by atoms with E-state index in [-0.39, 0.29) is 19.6 Å². The average molecular weight is 502 g/mol. The smallest absolute Gasteiger partial charge is 0.460 e. The maximum atomic E-state index is 14.1. The first-order valence-electron chi connectivity index (χ1n) is 10.1. The van der Waals surface area contributed by atoms with E-state index in [1.807, 2.05) is 0 Å². The Morgan fingerprint density at radius 3 is 1.61 bits per heavy atom. The second kappa shape index (κ2) is 12.0. The Hall–Kier alpha value is -1.95. The molecule has 0 unspecified atom stereocenters. The second-order valence-electron chi connectivity index (χ2n) is 7.26. The van der Waals surface area contributed by atoms with Crippen molar-refractivity contribution in [1.82, 2.24) is 0 Å². The summed E-state index contributed by atoms with van der Waals surface area (Å²) in [5, 5.41) is 0. The summed E-state index contributed by atoms with van der Waals surface area (Å²) >= 11 is 0. The second-order valence-corrected chi connectivity index (χ2v) is 7.26. The van der Waals surface area contributed by atoms with Gasteiger partial charge < -0.3 is 9.47 Å². The molecule has 0 amide bonds. The molecule has 0 aromatic heterocycles. The number of carbonyl (C=O) groups excluding carboxylic acids is 2. The molecule has 13 heteroatoms. The number of hydrogen-bond donors (Lipinski definition) is 0. The fraction of sp³-hybridized carbons (Fsp3) is 0.800. The predicted molar refractivity (Wildman–Crippen MR) is 99.1 cm³/mol. The van der Waals surface area contributed by atoms with Gasteiger partial charge in [-0.1, -0.05) is 18.9 Å². The number of carbonyl (C=O) groups is 2. The van der Waals surface area contributed by atoms with Crippen LogP contribution in [0.3, 0.4) is 0 Å². The third-order valence-electron chi connectivity index (χ3n) is 4.92. The van der Waals surface area contributed by atoms with E-state index in [9.17, 15) is 49.1 Å². The lowest BCUT2D eigenvalue weighted by molar-refractivity contribution is -0.397. The van der Waals surface area contributed by atoms with Crippen LogP contribution in [0, 0.1) is 5.41 Å². The number of rotatable bonds is 15. The van der Waals surface area contributed by atoms with E-state index < -0.39 is 60.6 Å². The summed E-state index contributed by atoms with van der Waals surface area (Å²) in [5.41, 5.74) is -2.59. The minimum absolute atomic E-state index is 0.0200. The van der Waals surface area contributed by atoms with Gasteiger partial charge in [0.25, 0.3) is 0 Å². The fourth-order valence-corrected chi connectivity index (χ4v) is 2.98. The highest BCUT2D eigenvalue weighted by molar-refractivity contribution is 6.00. The molecule has 0 saturated carbocycles. The Balaban J connectivity index is 6.09. The molecule has 0 aromatic rings. The fourth-order valence-electron chi connectivity index (χ4n) is 2.98. The molecule has 0 atom stereocenters. The number of ether oxygens (including phenoxy) is 2. The molecule has 0 radical (unpaired) electrons. The Labute approximate surface area is 185 Å². The molecule has 0 saturated heterocycles. The van der Waals surface area contributed by atoms with Gasteiger partial charge in [-0.3, -0.25) is 9.59 Å². The molecular weight excluding hydrogens is 475 g/mol. The quantitative estimate of drug-likeness (QED) is 0.0846. The van der Waals surface area contributed by atoms with E-state index >= 15 is 0 Å². The Morgan fingerprint density at radius 2 is 1.21 bits per heavy atom. The van der Waals surface area contributed by atoms with Crippen molar-refractivity contribution < 1.29 is 58.6 Å². The first-order valence-corrected chi connectivity index (χ1v) is 10.1. The summed E-state index contributed by atoms with van der Waals surface area (Å²) in [7, 11) is 0. The van der Waals surface area contributed by atoms with Gasteiger partial charge in [-0.2, -0.15) is 39.5 Å². The lowest BCUT2D eigenvalue weighted by Crippen LogP contribution is -2.61. The molecule has 0 heterocycles. The average Bonchev–Trinajstić information content (AvgIpc) is 2.69. The van der Waals surface area contributed by atoms with Crippen molar-refractivity contribution in [3.05, 3.63) is 12.7 Å². The number of allylic oxidation sites excluding steroid dienone is 1. The molecule has 33 heavy (non-hydrogen) atoms. The Bertz CT molecular complexity index is 642. The first kappa shape index (κ1) is 31.0. The third-order valence-corrected chi connectivity index (χ3v) is 4.92. The van der Waals surface area contributed by atoms with Crippen LogP contribution in [-0.4, -0.2) is 49.1 Å². The molecule has 0 aromatic carbocycles. The van der Waals surface area contributed by atoms with Crippen molar-refractivity contribution in [3.63, 3.8) is 0 Å². The minimum Gasteiger partial charge on any atom is -0.465 e. The minimum atomic E-state index is -7.06. The molecule has 0 aliphatic carbocycles. The van der Waals surface area contributed by atoms with Gasteiger partial charge in [0, 0.05) is 6.42 Å². The zero-order valence-corrected chi connectivity index (χ0v) is 18.2. The summed E-state index contributed by atoms with van der Waals surface area (Å²) in [6, 6.07) is 0. The summed E-state index contributed by atoms with van der Waals surface area (Å²) in [6.07, 6.45) is -8.37. The standard InChI is InChI=1S/C20H27F9O4/c1-4-7-8-9-10-11-16(14(30)32-5-2,15(31)33-6-3)12-13-17(21,22)18(23,24)19(25,26)20(27,28)29/h4H,1,5-13H2,2-3H3. The molecule has 0 N–H and O–H groups in total. The number of esters is 2. The van der Waals surface area contributed by atoms with Gasteiger partial charge in [0.15, 0.2) is 5.41 Å². The van der Waals surface area contributed by atoms with Gasteiger partial charge >= 0.3 is 35.9 Å². The number of unbranched alkanes of at least 4 members (excludes halogenated alkanes) is 3. The van der Waals surface area contributed by atoms with Crippen molar-refractivity contribution in [2.45, 2.75) is 82.7 Å². The lowest BCUT2D eigenvalue weighted by Gasteiger charge is -2.36. The molecular formula is C20H27F9O4. The Morgan fingerprint density at radius 1 is 0.727 bits per heavy atom. The van der Waals surface area contributed by atoms with Gasteiger partial charge in [-0.15, -0.1) is 6.58 Å². The topological polar surface area (TPSA) is 52.6 Å². The summed E-state index contributed by atoms with van der Waals surface area (Å²) < 4.78 is 128. The molecule has 4 nitrogen and oxygen atoms in total. The molecule has 0 fully saturated rings. The number of alkyl halides is 9. The van der Waals surface area contributed by atoms with Crippen molar-refractivity contribution in [2.24, 2.45) is 5.41 Å². The molecule has 0 bridgehead atoms. The van der Waals surface area contributed by atoms with E-state index in [0.29, 0.717) is 19.3 Å². The lowest BCUT2D eigenvalue weighted by atomic mass is 9.76. The number of halogens is 9. The maximum absolute atomic E-state index is 14.1. The van der Waals surface area contributed by atoms with Crippen LogP contribution in [0.15, 0.2) is 12.7 Å². The van der Waals surface area contributed by atoms with Crippen LogP contribution in [0.4, 0.5) is 39.5 Å². The van der Waals surface area contributed by atoms with Gasteiger partial charge in [0.2, 0.25) is 0 Å².